The number of benzene rings is 2. The molecule has 2 aromatic carbocycles. The molecule has 2 nitrogen and oxygen atoms in total. The van der Waals surface area contributed by atoms with Gasteiger partial charge in [-0.15, -0.1) is 11.6 Å². The molecule has 0 amide bonds. The molecule has 0 fully saturated rings. The van der Waals surface area contributed by atoms with E-state index in [-0.39, 0.29) is 23.2 Å². The van der Waals surface area contributed by atoms with E-state index in [1.54, 1.807) is 6.92 Å². The summed E-state index contributed by atoms with van der Waals surface area (Å²) >= 11 is 12.8. The molecule has 0 heterocycles. The molecule has 0 aliphatic carbocycles. The van der Waals surface area contributed by atoms with E-state index >= 15 is 0 Å². The quantitative estimate of drug-likeness (QED) is 0.455. The van der Waals surface area contributed by atoms with Crippen LogP contribution in [0, 0.1) is 11.8 Å². The Kier molecular flexibility index (Phi) is 6.70. The van der Waals surface area contributed by atoms with E-state index in [1.165, 1.54) is 0 Å². The Morgan fingerprint density at radius 1 is 1.08 bits per heavy atom. The lowest BCUT2D eigenvalue weighted by molar-refractivity contribution is -0.149. The Hall–Kier alpha value is -1.51. The molecule has 0 spiro atoms. The number of carbonyl (C=O) groups is 1. The minimum Gasteiger partial charge on any atom is -0.466 e. The maximum Gasteiger partial charge on any atom is 0.308 e. The molecule has 4 heteroatoms. The fourth-order valence-corrected chi connectivity index (χ4v) is 3.20. The van der Waals surface area contributed by atoms with Crippen LogP contribution in [-0.2, 0) is 9.53 Å². The monoisotopic (exact) mass is 364 g/mol. The third-order valence-corrected chi connectivity index (χ3v) is 5.30. The molecule has 0 aromatic heterocycles. The van der Waals surface area contributed by atoms with Crippen LogP contribution in [0.3, 0.4) is 0 Å². The molecule has 0 aliphatic heterocycles. The first-order valence-corrected chi connectivity index (χ1v) is 8.92. The summed E-state index contributed by atoms with van der Waals surface area (Å²) in [7, 11) is 0. The van der Waals surface area contributed by atoms with Crippen molar-refractivity contribution in [2.45, 2.75) is 26.1 Å². The highest BCUT2D eigenvalue weighted by Crippen LogP contribution is 2.36. The van der Waals surface area contributed by atoms with Crippen molar-refractivity contribution in [1.82, 2.24) is 0 Å². The maximum absolute atomic E-state index is 11.9. The highest BCUT2D eigenvalue weighted by Gasteiger charge is 2.28. The van der Waals surface area contributed by atoms with Crippen molar-refractivity contribution >= 4 is 29.2 Å². The Morgan fingerprint density at radius 3 is 2.29 bits per heavy atom. The van der Waals surface area contributed by atoms with Gasteiger partial charge < -0.3 is 4.74 Å². The largest absolute Gasteiger partial charge is 0.466 e. The normalized spacial score (nSPS) is 14.7. The third kappa shape index (κ3) is 4.31. The predicted molar refractivity (Wildman–Crippen MR) is 100 cm³/mol. The van der Waals surface area contributed by atoms with Crippen LogP contribution in [0.15, 0.2) is 48.5 Å². The third-order valence-electron chi connectivity index (χ3n) is 4.32. The lowest BCUT2D eigenvalue weighted by atomic mass is 9.88. The average Bonchev–Trinajstić information content (AvgIpc) is 2.60. The number of hydrogen-bond donors (Lipinski definition) is 0. The van der Waals surface area contributed by atoms with Crippen molar-refractivity contribution in [3.05, 3.63) is 59.1 Å². The molecule has 3 unspecified atom stereocenters. The summed E-state index contributed by atoms with van der Waals surface area (Å²) < 4.78 is 5.09. The van der Waals surface area contributed by atoms with Gasteiger partial charge in [0, 0.05) is 10.6 Å². The topological polar surface area (TPSA) is 26.3 Å². The summed E-state index contributed by atoms with van der Waals surface area (Å²) in [4.78, 5) is 11.9. The van der Waals surface area contributed by atoms with E-state index in [0.29, 0.717) is 6.61 Å². The molecule has 128 valence electrons. The van der Waals surface area contributed by atoms with Crippen LogP contribution in [0.4, 0.5) is 0 Å². The molecule has 2 aromatic rings. The van der Waals surface area contributed by atoms with Crippen molar-refractivity contribution in [3.8, 4) is 11.1 Å². The molecule has 2 rings (SSSR count). The van der Waals surface area contributed by atoms with Gasteiger partial charge in [-0.25, -0.2) is 0 Å². The summed E-state index contributed by atoms with van der Waals surface area (Å²) in [5.41, 5.74) is 3.01. The fraction of sp³-hybridized carbons (Fsp3) is 0.350. The number of hydrogen-bond acceptors (Lipinski definition) is 2. The Labute approximate surface area is 153 Å². The molecule has 0 N–H and O–H groups in total. The first-order chi connectivity index (χ1) is 11.5. The molecule has 0 saturated heterocycles. The van der Waals surface area contributed by atoms with Gasteiger partial charge in [-0.3, -0.25) is 4.79 Å². The zero-order valence-electron chi connectivity index (χ0n) is 14.1. The van der Waals surface area contributed by atoms with Crippen LogP contribution in [0.5, 0.6) is 0 Å². The number of esters is 1. The van der Waals surface area contributed by atoms with E-state index in [4.69, 9.17) is 27.9 Å². The highest BCUT2D eigenvalue weighted by molar-refractivity contribution is 6.33. The zero-order chi connectivity index (χ0) is 17.7. The van der Waals surface area contributed by atoms with E-state index in [1.807, 2.05) is 62.4 Å². The molecule has 0 saturated carbocycles. The lowest BCUT2D eigenvalue weighted by Crippen LogP contribution is -2.24. The zero-order valence-corrected chi connectivity index (χ0v) is 15.6. The van der Waals surface area contributed by atoms with Gasteiger partial charge in [-0.2, -0.15) is 0 Å². The van der Waals surface area contributed by atoms with Gasteiger partial charge in [0.1, 0.15) is 0 Å². The smallest absolute Gasteiger partial charge is 0.308 e. The van der Waals surface area contributed by atoms with Gasteiger partial charge in [-0.05, 0) is 30.0 Å². The van der Waals surface area contributed by atoms with E-state index in [0.717, 1.165) is 21.7 Å². The van der Waals surface area contributed by atoms with Gasteiger partial charge in [0.15, 0.2) is 0 Å². The van der Waals surface area contributed by atoms with Gasteiger partial charge in [0.25, 0.3) is 0 Å². The number of alkyl halides is 1. The summed E-state index contributed by atoms with van der Waals surface area (Å²) in [5, 5.41) is 0.460. The van der Waals surface area contributed by atoms with Gasteiger partial charge in [0.2, 0.25) is 0 Å². The van der Waals surface area contributed by atoms with Crippen molar-refractivity contribution < 1.29 is 9.53 Å². The second-order valence-electron chi connectivity index (χ2n) is 5.90. The fourth-order valence-electron chi connectivity index (χ4n) is 2.59. The van der Waals surface area contributed by atoms with Gasteiger partial charge in [-0.1, -0.05) is 67.9 Å². The molecule has 0 aliphatic rings. The van der Waals surface area contributed by atoms with Crippen molar-refractivity contribution in [1.29, 1.82) is 0 Å². The number of halogens is 2. The Bertz CT molecular complexity index is 682. The molecular formula is C20H22Cl2O2. The second kappa shape index (κ2) is 8.55. The lowest BCUT2D eigenvalue weighted by Gasteiger charge is -2.23. The molecule has 0 bridgehead atoms. The minimum atomic E-state index is -0.260. The van der Waals surface area contributed by atoms with Crippen molar-refractivity contribution in [2.24, 2.45) is 11.8 Å². The summed E-state index contributed by atoms with van der Waals surface area (Å²) in [5.74, 6) is -0.490. The first kappa shape index (κ1) is 18.8. The molecule has 3 atom stereocenters. The standard InChI is InChI=1S/C20H22Cl2O2/c1-4-24-20(23)14(3)13(2)19(22)16-11-9-15(10-12-16)17-7-5-6-8-18(17)21/h5-14,19H,4H2,1-3H3. The maximum atomic E-state index is 11.9. The Balaban J connectivity index is 2.15. The van der Waals surface area contributed by atoms with Crippen LogP contribution < -0.4 is 0 Å². The van der Waals surface area contributed by atoms with Gasteiger partial charge >= 0.3 is 5.97 Å². The van der Waals surface area contributed by atoms with E-state index in [9.17, 15) is 4.79 Å². The predicted octanol–water partition coefficient (Wildman–Crippen LogP) is 6.12. The number of carbonyl (C=O) groups excluding carboxylic acids is 1. The van der Waals surface area contributed by atoms with Crippen LogP contribution >= 0.6 is 23.2 Å². The highest BCUT2D eigenvalue weighted by atomic mass is 35.5. The second-order valence-corrected chi connectivity index (χ2v) is 6.78. The summed E-state index contributed by atoms with van der Waals surface area (Å²) in [6.45, 7) is 6.02. The minimum absolute atomic E-state index is 0.0307. The van der Waals surface area contributed by atoms with Crippen molar-refractivity contribution in [3.63, 3.8) is 0 Å². The number of rotatable bonds is 6. The summed E-state index contributed by atoms with van der Waals surface area (Å²) in [6.07, 6.45) is 0. The summed E-state index contributed by atoms with van der Waals surface area (Å²) in [6, 6.07) is 15.7. The van der Waals surface area contributed by atoms with Crippen molar-refractivity contribution in [2.75, 3.05) is 6.61 Å². The van der Waals surface area contributed by atoms with Crippen LogP contribution in [0.25, 0.3) is 11.1 Å². The number of ether oxygens (including phenoxy) is 1. The molecule has 0 radical (unpaired) electrons. The van der Waals surface area contributed by atoms with Crippen LogP contribution in [0.1, 0.15) is 31.7 Å². The SMILES string of the molecule is CCOC(=O)C(C)C(C)C(Cl)c1ccc(-c2ccccc2Cl)cc1. The Morgan fingerprint density at radius 2 is 1.71 bits per heavy atom. The molecule has 24 heavy (non-hydrogen) atoms. The van der Waals surface area contributed by atoms with E-state index < -0.39 is 0 Å². The first-order valence-electron chi connectivity index (χ1n) is 8.11. The van der Waals surface area contributed by atoms with Crippen LogP contribution in [-0.4, -0.2) is 12.6 Å². The average molecular weight is 365 g/mol. The van der Waals surface area contributed by atoms with Gasteiger partial charge in [0.05, 0.1) is 17.9 Å². The van der Waals surface area contributed by atoms with Crippen LogP contribution in [0.2, 0.25) is 5.02 Å². The molecular weight excluding hydrogens is 343 g/mol. The van der Waals surface area contributed by atoms with E-state index in [2.05, 4.69) is 0 Å².